The van der Waals surface area contributed by atoms with Gasteiger partial charge in [0.2, 0.25) is 0 Å². The average molecular weight is 351 g/mol. The molecular weight excluding hydrogens is 325 g/mol. The molecule has 25 heavy (non-hydrogen) atoms. The second kappa shape index (κ2) is 7.52. The first-order valence-electron chi connectivity index (χ1n) is 8.65. The largest absolute Gasteiger partial charge is 0.481 e. The Hall–Kier alpha value is -1.95. The lowest BCUT2D eigenvalue weighted by molar-refractivity contribution is -0.163. The van der Waals surface area contributed by atoms with Crippen LogP contribution in [0.3, 0.4) is 0 Å². The third kappa shape index (κ3) is 3.84. The maximum absolute atomic E-state index is 14.1. The summed E-state index contributed by atoms with van der Waals surface area (Å²) in [5.41, 5.74) is -0.918. The number of halogens is 1. The number of benzene rings is 1. The third-order valence-electron chi connectivity index (χ3n) is 5.10. The van der Waals surface area contributed by atoms with Gasteiger partial charge in [0.05, 0.1) is 11.7 Å². The van der Waals surface area contributed by atoms with Crippen molar-refractivity contribution in [3.8, 4) is 0 Å². The van der Waals surface area contributed by atoms with Crippen LogP contribution in [-0.4, -0.2) is 46.2 Å². The molecule has 0 aromatic heterocycles. The van der Waals surface area contributed by atoms with Crippen LogP contribution >= 0.6 is 0 Å². The van der Waals surface area contributed by atoms with Crippen molar-refractivity contribution < 1.29 is 24.2 Å². The molecule has 2 atom stereocenters. The fraction of sp³-hybridized carbons (Fsp3) is 0.579. The van der Waals surface area contributed by atoms with E-state index in [1.54, 1.807) is 13.0 Å². The van der Waals surface area contributed by atoms with E-state index in [4.69, 9.17) is 0 Å². The maximum Gasteiger partial charge on any atom is 0.314 e. The Balaban J connectivity index is 2.31. The number of aliphatic hydroxyl groups is 1. The lowest BCUT2D eigenvalue weighted by Crippen LogP contribution is -2.57. The zero-order valence-electron chi connectivity index (χ0n) is 15.0. The van der Waals surface area contributed by atoms with Crippen molar-refractivity contribution in [2.24, 2.45) is 11.3 Å². The van der Waals surface area contributed by atoms with Gasteiger partial charge in [0.15, 0.2) is 0 Å². The Morgan fingerprint density at radius 1 is 1.40 bits per heavy atom. The van der Waals surface area contributed by atoms with Gasteiger partial charge in [0, 0.05) is 13.1 Å². The highest BCUT2D eigenvalue weighted by atomic mass is 19.1. The molecule has 5 nitrogen and oxygen atoms in total. The molecule has 138 valence electrons. The molecule has 1 amide bonds. The molecule has 2 N–H and O–H groups in total. The Bertz CT molecular complexity index is 641. The van der Waals surface area contributed by atoms with Gasteiger partial charge in [-0.1, -0.05) is 26.0 Å². The second-order valence-corrected chi connectivity index (χ2v) is 7.36. The summed E-state index contributed by atoms with van der Waals surface area (Å²) in [6, 6.07) is 4.41. The Kier molecular flexibility index (Phi) is 5.83. The quantitative estimate of drug-likeness (QED) is 0.855. The smallest absolute Gasteiger partial charge is 0.314 e. The summed E-state index contributed by atoms with van der Waals surface area (Å²) in [4.78, 5) is 26.1. The molecule has 0 bridgehead atoms. The zero-order valence-corrected chi connectivity index (χ0v) is 15.0. The highest BCUT2D eigenvalue weighted by Gasteiger charge is 2.50. The lowest BCUT2D eigenvalue weighted by Gasteiger charge is -2.43. The first kappa shape index (κ1) is 19.4. The Labute approximate surface area is 147 Å². The van der Waals surface area contributed by atoms with Crippen molar-refractivity contribution in [3.63, 3.8) is 0 Å². The molecule has 1 fully saturated rings. The van der Waals surface area contributed by atoms with Crippen molar-refractivity contribution in [1.82, 2.24) is 4.90 Å². The monoisotopic (exact) mass is 351 g/mol. The minimum Gasteiger partial charge on any atom is -0.481 e. The Morgan fingerprint density at radius 3 is 2.64 bits per heavy atom. The fourth-order valence-electron chi connectivity index (χ4n) is 3.42. The van der Waals surface area contributed by atoms with Crippen LogP contribution in [0.1, 0.15) is 49.0 Å². The van der Waals surface area contributed by atoms with Crippen LogP contribution < -0.4 is 0 Å². The van der Waals surface area contributed by atoms with E-state index in [0.717, 1.165) is 0 Å². The molecule has 1 saturated heterocycles. The molecule has 2 rings (SSSR count). The standard InChI is InChI=1S/C19H26FNO4/c1-12(2)7-9-19(18(24)25)11-21(10-8-15(19)22)17(23)16-13(3)5-4-6-14(16)20/h4-6,12,15,22H,7-11H2,1-3H3,(H,24,25)/t15-,19-/m1/s1. The summed E-state index contributed by atoms with van der Waals surface area (Å²) in [6.07, 6.45) is 0.0594. The summed E-state index contributed by atoms with van der Waals surface area (Å²) in [5.74, 6) is -1.95. The summed E-state index contributed by atoms with van der Waals surface area (Å²) < 4.78 is 14.1. The van der Waals surface area contributed by atoms with E-state index >= 15 is 0 Å². The van der Waals surface area contributed by atoms with Gasteiger partial charge in [0.1, 0.15) is 11.2 Å². The normalized spacial score (nSPS) is 23.8. The molecule has 0 radical (unpaired) electrons. The predicted molar refractivity (Wildman–Crippen MR) is 91.8 cm³/mol. The van der Waals surface area contributed by atoms with Crippen molar-refractivity contribution >= 4 is 11.9 Å². The number of hydrogen-bond donors (Lipinski definition) is 2. The lowest BCUT2D eigenvalue weighted by atomic mass is 9.72. The summed E-state index contributed by atoms with van der Waals surface area (Å²) in [5, 5.41) is 20.2. The van der Waals surface area contributed by atoms with E-state index in [9.17, 15) is 24.2 Å². The van der Waals surface area contributed by atoms with E-state index in [1.807, 2.05) is 13.8 Å². The van der Waals surface area contributed by atoms with Crippen LogP contribution in [0.15, 0.2) is 18.2 Å². The predicted octanol–water partition coefficient (Wildman–Crippen LogP) is 2.85. The number of aryl methyl sites for hydroxylation is 1. The summed E-state index contributed by atoms with van der Waals surface area (Å²) >= 11 is 0. The van der Waals surface area contributed by atoms with Crippen molar-refractivity contribution in [2.45, 2.75) is 46.1 Å². The molecule has 1 heterocycles. The molecule has 1 aliphatic rings. The van der Waals surface area contributed by atoms with E-state index in [2.05, 4.69) is 0 Å². The molecule has 0 saturated carbocycles. The molecular formula is C19H26FNO4. The van der Waals surface area contributed by atoms with Crippen LogP contribution in [0.4, 0.5) is 4.39 Å². The van der Waals surface area contributed by atoms with Gasteiger partial charge in [-0.3, -0.25) is 9.59 Å². The van der Waals surface area contributed by atoms with E-state index in [0.29, 0.717) is 12.0 Å². The number of aliphatic carboxylic acids is 1. The SMILES string of the molecule is Cc1cccc(F)c1C(=O)N1CC[C@@H](O)[C@](CCC(C)C)(C(=O)O)C1. The van der Waals surface area contributed by atoms with Gasteiger partial charge in [0.25, 0.3) is 5.91 Å². The van der Waals surface area contributed by atoms with Crippen LogP contribution in [-0.2, 0) is 4.79 Å². The zero-order chi connectivity index (χ0) is 18.8. The first-order chi connectivity index (χ1) is 11.7. The molecule has 0 spiro atoms. The highest BCUT2D eigenvalue weighted by molar-refractivity contribution is 5.96. The minimum atomic E-state index is -1.41. The number of amides is 1. The number of aliphatic hydroxyl groups excluding tert-OH is 1. The second-order valence-electron chi connectivity index (χ2n) is 7.36. The van der Waals surface area contributed by atoms with Gasteiger partial charge < -0.3 is 15.1 Å². The van der Waals surface area contributed by atoms with Crippen LogP contribution in [0.5, 0.6) is 0 Å². The summed E-state index contributed by atoms with van der Waals surface area (Å²) in [7, 11) is 0. The van der Waals surface area contributed by atoms with Gasteiger partial charge in [-0.05, 0) is 43.7 Å². The van der Waals surface area contributed by atoms with Crippen LogP contribution in [0.25, 0.3) is 0 Å². The fourth-order valence-corrected chi connectivity index (χ4v) is 3.42. The number of carbonyl (C=O) groups excluding carboxylic acids is 1. The first-order valence-corrected chi connectivity index (χ1v) is 8.65. The molecule has 6 heteroatoms. The number of rotatable bonds is 5. The van der Waals surface area contributed by atoms with Gasteiger partial charge in [-0.25, -0.2) is 4.39 Å². The minimum absolute atomic E-state index is 0.0259. The highest BCUT2D eigenvalue weighted by Crippen LogP contribution is 2.37. The molecule has 0 aliphatic carbocycles. The van der Waals surface area contributed by atoms with Crippen molar-refractivity contribution in [1.29, 1.82) is 0 Å². The molecule has 1 aromatic rings. The van der Waals surface area contributed by atoms with Gasteiger partial charge >= 0.3 is 5.97 Å². The number of hydrogen-bond acceptors (Lipinski definition) is 3. The maximum atomic E-state index is 14.1. The van der Waals surface area contributed by atoms with Crippen LogP contribution in [0, 0.1) is 24.1 Å². The van der Waals surface area contributed by atoms with E-state index in [1.165, 1.54) is 17.0 Å². The van der Waals surface area contributed by atoms with E-state index < -0.39 is 29.2 Å². The van der Waals surface area contributed by atoms with Gasteiger partial charge in [-0.2, -0.15) is 0 Å². The average Bonchev–Trinajstić information content (AvgIpc) is 2.53. The summed E-state index contributed by atoms with van der Waals surface area (Å²) in [6.45, 7) is 5.72. The number of nitrogens with zero attached hydrogens (tertiary/aromatic N) is 1. The number of carboxylic acids is 1. The molecule has 1 aromatic carbocycles. The van der Waals surface area contributed by atoms with Crippen LogP contribution in [0.2, 0.25) is 0 Å². The Morgan fingerprint density at radius 2 is 2.08 bits per heavy atom. The van der Waals surface area contributed by atoms with Crippen molar-refractivity contribution in [3.05, 3.63) is 35.1 Å². The number of carboxylic acid groups (broad SMARTS) is 1. The molecule has 0 unspecified atom stereocenters. The number of piperidine rings is 1. The molecule has 1 aliphatic heterocycles. The van der Waals surface area contributed by atoms with Crippen molar-refractivity contribution in [2.75, 3.05) is 13.1 Å². The number of likely N-dealkylation sites (tertiary alicyclic amines) is 1. The van der Waals surface area contributed by atoms with Gasteiger partial charge in [-0.15, -0.1) is 0 Å². The number of carbonyl (C=O) groups is 2. The topological polar surface area (TPSA) is 77.8 Å². The third-order valence-corrected chi connectivity index (χ3v) is 5.10. The van der Waals surface area contributed by atoms with E-state index in [-0.39, 0.29) is 37.4 Å².